The van der Waals surface area contributed by atoms with Crippen LogP contribution in [0, 0.1) is 5.92 Å². The lowest BCUT2D eigenvalue weighted by molar-refractivity contribution is -0.144. The number of rotatable bonds is 4. The number of benzene rings is 1. The number of carboxylic acids is 1. The van der Waals surface area contributed by atoms with E-state index in [1.165, 1.54) is 0 Å². The van der Waals surface area contributed by atoms with E-state index in [-0.39, 0.29) is 12.0 Å². The molecule has 4 heteroatoms. The summed E-state index contributed by atoms with van der Waals surface area (Å²) in [4.78, 5) is 10.6. The number of methoxy groups -OCH3 is 1. The molecule has 0 radical (unpaired) electrons. The number of carbonyl (C=O) groups is 1. The van der Waals surface area contributed by atoms with Crippen LogP contribution >= 0.6 is 0 Å². The quantitative estimate of drug-likeness (QED) is 0.816. The van der Waals surface area contributed by atoms with Crippen LogP contribution in [-0.2, 0) is 4.79 Å². The highest BCUT2D eigenvalue weighted by Gasteiger charge is 2.34. The fraction of sp³-hybridized carbons (Fsp3) is 0.417. The fourth-order valence-corrected chi connectivity index (χ4v) is 1.86. The van der Waals surface area contributed by atoms with E-state index in [1.807, 2.05) is 24.3 Å². The lowest BCUT2D eigenvalue weighted by atomic mass is 9.80. The van der Waals surface area contributed by atoms with E-state index in [0.717, 1.165) is 11.4 Å². The molecule has 2 N–H and O–H groups in total. The lowest BCUT2D eigenvalue weighted by Gasteiger charge is -2.33. The van der Waals surface area contributed by atoms with Crippen molar-refractivity contribution in [1.29, 1.82) is 0 Å². The van der Waals surface area contributed by atoms with Gasteiger partial charge in [-0.25, -0.2) is 0 Å². The molecule has 1 aromatic carbocycles. The van der Waals surface area contributed by atoms with Crippen LogP contribution in [0.15, 0.2) is 24.3 Å². The van der Waals surface area contributed by atoms with Crippen molar-refractivity contribution in [2.24, 2.45) is 5.92 Å². The summed E-state index contributed by atoms with van der Waals surface area (Å²) in [6, 6.07) is 7.93. The van der Waals surface area contributed by atoms with Crippen LogP contribution < -0.4 is 10.1 Å². The van der Waals surface area contributed by atoms with Crippen molar-refractivity contribution in [2.75, 3.05) is 12.4 Å². The van der Waals surface area contributed by atoms with Crippen LogP contribution in [0.25, 0.3) is 0 Å². The van der Waals surface area contributed by atoms with Gasteiger partial charge in [0.05, 0.1) is 13.0 Å². The summed E-state index contributed by atoms with van der Waals surface area (Å²) < 4.78 is 5.06. The first-order chi connectivity index (χ1) is 7.69. The summed E-state index contributed by atoms with van der Waals surface area (Å²) in [6.45, 7) is 0. The molecule has 0 unspecified atom stereocenters. The minimum Gasteiger partial charge on any atom is -0.497 e. The second kappa shape index (κ2) is 4.43. The average molecular weight is 221 g/mol. The zero-order chi connectivity index (χ0) is 11.5. The predicted molar refractivity (Wildman–Crippen MR) is 60.8 cm³/mol. The van der Waals surface area contributed by atoms with Gasteiger partial charge in [0.15, 0.2) is 0 Å². The molecule has 1 aliphatic rings. The summed E-state index contributed by atoms with van der Waals surface area (Å²) in [5.74, 6) is -0.0360. The number of hydrogen-bond donors (Lipinski definition) is 2. The third kappa shape index (κ3) is 2.27. The molecule has 0 aromatic heterocycles. The Morgan fingerprint density at radius 2 is 2.00 bits per heavy atom. The number of ether oxygens (including phenoxy) is 1. The van der Waals surface area contributed by atoms with Gasteiger partial charge in [-0.3, -0.25) is 4.79 Å². The third-order valence-corrected chi connectivity index (χ3v) is 2.95. The molecule has 16 heavy (non-hydrogen) atoms. The van der Waals surface area contributed by atoms with E-state index in [1.54, 1.807) is 7.11 Å². The topological polar surface area (TPSA) is 58.6 Å². The molecule has 0 heterocycles. The first-order valence-corrected chi connectivity index (χ1v) is 5.32. The van der Waals surface area contributed by atoms with Crippen LogP contribution in [0.1, 0.15) is 12.8 Å². The number of hydrogen-bond acceptors (Lipinski definition) is 3. The van der Waals surface area contributed by atoms with Crippen LogP contribution in [0.5, 0.6) is 5.75 Å². The Kier molecular flexibility index (Phi) is 2.99. The molecule has 0 saturated heterocycles. The summed E-state index contributed by atoms with van der Waals surface area (Å²) >= 11 is 0. The van der Waals surface area contributed by atoms with Crippen molar-refractivity contribution in [1.82, 2.24) is 0 Å². The molecule has 2 rings (SSSR count). The van der Waals surface area contributed by atoms with Crippen molar-refractivity contribution in [2.45, 2.75) is 18.9 Å². The van der Waals surface area contributed by atoms with Crippen molar-refractivity contribution >= 4 is 11.7 Å². The SMILES string of the molecule is COc1ccc(NC2CC(C(=O)O)C2)cc1. The standard InChI is InChI=1S/C12H15NO3/c1-16-11-4-2-9(3-5-11)13-10-6-8(7-10)12(14)15/h2-5,8,10,13H,6-7H2,1H3,(H,14,15). The third-order valence-electron chi connectivity index (χ3n) is 2.95. The first kappa shape index (κ1) is 10.8. The Hall–Kier alpha value is -1.71. The van der Waals surface area contributed by atoms with Gasteiger partial charge in [0.25, 0.3) is 0 Å². The summed E-state index contributed by atoms with van der Waals surface area (Å²) in [5.41, 5.74) is 1.01. The molecule has 0 atom stereocenters. The average Bonchev–Trinajstić information content (AvgIpc) is 2.23. The molecule has 0 bridgehead atoms. The maximum absolute atomic E-state index is 10.6. The van der Waals surface area contributed by atoms with E-state index in [0.29, 0.717) is 12.8 Å². The van der Waals surface area contributed by atoms with Gasteiger partial charge in [0.2, 0.25) is 0 Å². The summed E-state index contributed by atoms with van der Waals surface area (Å²) in [7, 11) is 1.63. The molecule has 4 nitrogen and oxygen atoms in total. The van der Waals surface area contributed by atoms with Gasteiger partial charge >= 0.3 is 5.97 Å². The van der Waals surface area contributed by atoms with E-state index >= 15 is 0 Å². The lowest BCUT2D eigenvalue weighted by Crippen LogP contribution is -2.39. The van der Waals surface area contributed by atoms with Gasteiger partial charge in [0.1, 0.15) is 5.75 Å². The minimum atomic E-state index is -0.687. The van der Waals surface area contributed by atoms with Gasteiger partial charge in [-0.1, -0.05) is 0 Å². The highest BCUT2D eigenvalue weighted by molar-refractivity contribution is 5.71. The Balaban J connectivity index is 1.84. The van der Waals surface area contributed by atoms with E-state index in [9.17, 15) is 4.79 Å². The minimum absolute atomic E-state index is 0.171. The molecule has 0 aliphatic heterocycles. The Morgan fingerprint density at radius 3 is 2.50 bits per heavy atom. The number of aliphatic carboxylic acids is 1. The monoisotopic (exact) mass is 221 g/mol. The molecule has 1 fully saturated rings. The summed E-state index contributed by atoms with van der Waals surface area (Å²) in [6.07, 6.45) is 1.42. The molecular weight excluding hydrogens is 206 g/mol. The molecule has 1 aromatic rings. The Morgan fingerprint density at radius 1 is 1.38 bits per heavy atom. The van der Waals surface area contributed by atoms with Gasteiger partial charge in [-0.2, -0.15) is 0 Å². The maximum atomic E-state index is 10.6. The van der Waals surface area contributed by atoms with Crippen molar-refractivity contribution < 1.29 is 14.6 Å². The van der Waals surface area contributed by atoms with Crippen LogP contribution in [0.3, 0.4) is 0 Å². The second-order valence-corrected chi connectivity index (χ2v) is 4.08. The molecule has 1 saturated carbocycles. The first-order valence-electron chi connectivity index (χ1n) is 5.32. The number of anilines is 1. The number of nitrogens with one attached hydrogen (secondary N) is 1. The molecule has 0 amide bonds. The smallest absolute Gasteiger partial charge is 0.306 e. The van der Waals surface area contributed by atoms with Crippen molar-refractivity contribution in [3.8, 4) is 5.75 Å². The highest BCUT2D eigenvalue weighted by atomic mass is 16.5. The van der Waals surface area contributed by atoms with Gasteiger partial charge in [0, 0.05) is 11.7 Å². The van der Waals surface area contributed by atoms with E-state index < -0.39 is 5.97 Å². The molecule has 0 spiro atoms. The molecule has 1 aliphatic carbocycles. The van der Waals surface area contributed by atoms with E-state index in [4.69, 9.17) is 9.84 Å². The predicted octanol–water partition coefficient (Wildman–Crippen LogP) is 1.97. The maximum Gasteiger partial charge on any atom is 0.306 e. The Bertz CT molecular complexity index is 368. The normalized spacial score (nSPS) is 23.3. The molecular formula is C12H15NO3. The zero-order valence-corrected chi connectivity index (χ0v) is 9.14. The molecule has 86 valence electrons. The highest BCUT2D eigenvalue weighted by Crippen LogP contribution is 2.30. The fourth-order valence-electron chi connectivity index (χ4n) is 1.86. The van der Waals surface area contributed by atoms with Crippen LogP contribution in [0.2, 0.25) is 0 Å². The van der Waals surface area contributed by atoms with Gasteiger partial charge in [-0.15, -0.1) is 0 Å². The largest absolute Gasteiger partial charge is 0.497 e. The summed E-state index contributed by atoms with van der Waals surface area (Å²) in [5, 5.41) is 12.0. The Labute approximate surface area is 94.2 Å². The van der Waals surface area contributed by atoms with Crippen LogP contribution in [-0.4, -0.2) is 24.2 Å². The van der Waals surface area contributed by atoms with E-state index in [2.05, 4.69) is 5.32 Å². The second-order valence-electron chi connectivity index (χ2n) is 4.08. The van der Waals surface area contributed by atoms with Gasteiger partial charge < -0.3 is 15.2 Å². The number of carboxylic acid groups (broad SMARTS) is 1. The van der Waals surface area contributed by atoms with Crippen LogP contribution in [0.4, 0.5) is 5.69 Å². The zero-order valence-electron chi connectivity index (χ0n) is 9.14. The van der Waals surface area contributed by atoms with Crippen molar-refractivity contribution in [3.63, 3.8) is 0 Å². The van der Waals surface area contributed by atoms with Crippen molar-refractivity contribution in [3.05, 3.63) is 24.3 Å². The van der Waals surface area contributed by atoms with Gasteiger partial charge in [-0.05, 0) is 37.1 Å².